The normalized spacial score (nSPS) is 10.0. The summed E-state index contributed by atoms with van der Waals surface area (Å²) < 4.78 is 10.1. The number of hydrogen-bond acceptors (Lipinski definition) is 0. The van der Waals surface area contributed by atoms with Crippen molar-refractivity contribution in [2.24, 2.45) is 0 Å². The van der Waals surface area contributed by atoms with Crippen molar-refractivity contribution < 1.29 is 33.9 Å². The van der Waals surface area contributed by atoms with Crippen molar-refractivity contribution in [2.75, 3.05) is 0 Å². The van der Waals surface area contributed by atoms with Gasteiger partial charge in [0.15, 0.2) is 0 Å². The maximum absolute atomic E-state index is 11.7. The van der Waals surface area contributed by atoms with Crippen molar-refractivity contribution in [3.8, 4) is 0 Å². The molecule has 0 aromatic heterocycles. The summed E-state index contributed by atoms with van der Waals surface area (Å²) in [5.41, 5.74) is 0. The van der Waals surface area contributed by atoms with Crippen LogP contribution in [0.25, 0.3) is 0 Å². The van der Waals surface area contributed by atoms with Gasteiger partial charge in [-0.2, -0.15) is 0 Å². The quantitative estimate of drug-likeness (QED) is 0.364. The van der Waals surface area contributed by atoms with Gasteiger partial charge in [0.1, 0.15) is 0 Å². The number of rotatable bonds is 0. The minimum absolute atomic E-state index is 0. The summed E-state index contributed by atoms with van der Waals surface area (Å²) >= 11 is 5.24. The minimum Gasteiger partial charge on any atom is -0.478 e. The first kappa shape index (κ1) is 11.9. The standard InChI is InChI=1S/BFI3.Na/c2-1(3,4)5;/q-1;+1. The van der Waals surface area contributed by atoms with Gasteiger partial charge in [-0.05, 0) is 0 Å². The summed E-state index contributed by atoms with van der Waals surface area (Å²) in [6, 6.07) is 0. The molecule has 0 aromatic carbocycles. The third kappa shape index (κ3) is 27.1. The molecule has 0 aliphatic rings. The van der Waals surface area contributed by atoms with E-state index in [0.717, 1.165) is 0 Å². The maximum Gasteiger partial charge on any atom is 1.00 e. The van der Waals surface area contributed by atoms with Gasteiger partial charge in [-0.3, -0.25) is 67.1 Å². The summed E-state index contributed by atoms with van der Waals surface area (Å²) in [6.45, 7) is 0. The molecule has 0 saturated carbocycles. The van der Waals surface area contributed by atoms with Crippen LogP contribution in [0, 0.1) is 0 Å². The molecule has 0 rings (SSSR count). The first-order chi connectivity index (χ1) is 2.00. The van der Waals surface area contributed by atoms with Crippen molar-refractivity contribution >= 4 is 67.1 Å². The van der Waals surface area contributed by atoms with E-state index in [2.05, 4.69) is 0 Å². The molecule has 0 spiro atoms. The monoisotopic (exact) mass is 434 g/mol. The summed E-state index contributed by atoms with van der Waals surface area (Å²) in [7, 11) is 0. The van der Waals surface area contributed by atoms with Crippen LogP contribution in [-0.2, 0) is 0 Å². The van der Waals surface area contributed by atoms with Gasteiger partial charge in [-0.1, -0.05) is 0 Å². The van der Waals surface area contributed by atoms with Gasteiger partial charge in [0, 0.05) is 0 Å². The van der Waals surface area contributed by atoms with Crippen LogP contribution >= 0.6 is 67.1 Å². The van der Waals surface area contributed by atoms with E-state index in [9.17, 15) is 4.32 Å². The molecule has 0 heterocycles. The fourth-order valence-corrected chi connectivity index (χ4v) is 0. The van der Waals surface area contributed by atoms with Crippen LogP contribution in [0.15, 0.2) is 0 Å². The molecule has 0 N–H and O–H groups in total. The molecule has 0 unspecified atom stereocenters. The second kappa shape index (κ2) is 5.01. The van der Waals surface area contributed by atoms with Gasteiger partial charge in [-0.25, -0.2) is 0 Å². The molecule has 32 valence electrons. The Labute approximate surface area is 98.6 Å². The van der Waals surface area contributed by atoms with Gasteiger partial charge < -0.3 is 4.32 Å². The Bertz CT molecular complexity index is 26.3. The Balaban J connectivity index is 0. The average molecular weight is 434 g/mol. The van der Waals surface area contributed by atoms with Gasteiger partial charge in [0.2, 0.25) is 0 Å². The minimum atomic E-state index is -1.59. The third-order valence-corrected chi connectivity index (χ3v) is 0. The van der Waals surface area contributed by atoms with Crippen molar-refractivity contribution in [1.29, 1.82) is 0 Å². The van der Waals surface area contributed by atoms with E-state index < -0.39 is -0.00760 Å². The Morgan fingerprint density at radius 1 is 1.17 bits per heavy atom. The Morgan fingerprint density at radius 3 is 1.17 bits per heavy atom. The predicted octanol–water partition coefficient (Wildman–Crippen LogP) is -0.300. The SMILES string of the molecule is F[B-](I)(I)I.[Na+]. The zero-order chi connectivity index (χ0) is 4.50. The second-order valence-corrected chi connectivity index (χ2v) is 12.8. The summed E-state index contributed by atoms with van der Waals surface area (Å²) in [5.74, 6) is 0. The zero-order valence-corrected chi connectivity index (χ0v) is 11.6. The van der Waals surface area contributed by atoms with E-state index >= 15 is 0 Å². The predicted molar refractivity (Wildman–Crippen MR) is 48.9 cm³/mol. The average Bonchev–Trinajstić information content (AvgIpc) is 0.722. The van der Waals surface area contributed by atoms with Crippen molar-refractivity contribution in [1.82, 2.24) is 0 Å². The van der Waals surface area contributed by atoms with E-state index in [0.29, 0.717) is 0 Å². The van der Waals surface area contributed by atoms with Crippen molar-refractivity contribution in [3.63, 3.8) is 0 Å². The molecule has 0 amide bonds. The van der Waals surface area contributed by atoms with Gasteiger partial charge >= 0.3 is 29.5 Å². The van der Waals surface area contributed by atoms with Crippen LogP contribution in [0.4, 0.5) is 4.32 Å². The number of halogens is 4. The van der Waals surface area contributed by atoms with E-state index in [4.69, 9.17) is 0 Å². The smallest absolute Gasteiger partial charge is 0.478 e. The molecular weight excluding hydrogens is 434 g/mol. The van der Waals surface area contributed by atoms with Crippen LogP contribution in [0.2, 0.25) is 0 Å². The van der Waals surface area contributed by atoms with Crippen LogP contribution in [0.3, 0.4) is 0 Å². The van der Waals surface area contributed by atoms with E-state index in [1.54, 1.807) is 67.1 Å². The molecule has 0 bridgehead atoms. The Morgan fingerprint density at radius 2 is 1.17 bits per heavy atom. The molecule has 0 atom stereocenters. The first-order valence-corrected chi connectivity index (χ1v) is 4.61. The largest absolute Gasteiger partial charge is 1.00 e. The van der Waals surface area contributed by atoms with Crippen LogP contribution in [0.1, 0.15) is 0 Å². The van der Waals surface area contributed by atoms with Crippen molar-refractivity contribution in [2.45, 2.75) is 0 Å². The van der Waals surface area contributed by atoms with Crippen LogP contribution in [-0.4, -0.2) is -0.00760 Å². The summed E-state index contributed by atoms with van der Waals surface area (Å²) in [6.07, 6.45) is 0. The van der Waals surface area contributed by atoms with Gasteiger partial charge in [-0.15, -0.1) is 0 Å². The molecule has 6 heavy (non-hydrogen) atoms. The molecule has 0 radical (unpaired) electrons. The topological polar surface area (TPSA) is 0 Å². The fourth-order valence-electron chi connectivity index (χ4n) is 0. The molecule has 0 aliphatic heterocycles. The Kier molecular flexibility index (Phi) is 9.95. The maximum atomic E-state index is 11.7. The first-order valence-electron chi connectivity index (χ1n) is 0.873. The van der Waals surface area contributed by atoms with E-state index in [1.165, 1.54) is 0 Å². The Hall–Kier alpha value is 3.18. The number of hydrogen-bond donors (Lipinski definition) is 0. The molecule has 0 aromatic rings. The molecule has 0 aliphatic carbocycles. The van der Waals surface area contributed by atoms with Gasteiger partial charge in [0.05, 0.1) is 0 Å². The second-order valence-electron chi connectivity index (χ2n) is 0.495. The molecule has 6 heteroatoms. The summed E-state index contributed by atoms with van der Waals surface area (Å²) in [4.78, 5) is 0. The summed E-state index contributed by atoms with van der Waals surface area (Å²) in [5, 5.41) is 0. The van der Waals surface area contributed by atoms with Crippen LogP contribution < -0.4 is 29.6 Å². The molecule has 0 saturated heterocycles. The van der Waals surface area contributed by atoms with E-state index in [-0.39, 0.29) is 29.6 Å². The fraction of sp³-hybridized carbons (Fsp3) is 0. The van der Waals surface area contributed by atoms with Gasteiger partial charge in [0.25, 0.3) is 0 Å². The third-order valence-electron chi connectivity index (χ3n) is 0. The van der Waals surface area contributed by atoms with Crippen molar-refractivity contribution in [3.05, 3.63) is 0 Å². The molecular formula is BFI3Na. The molecule has 0 fully saturated rings. The zero-order valence-electron chi connectivity index (χ0n) is 3.09. The van der Waals surface area contributed by atoms with Crippen LogP contribution in [0.5, 0.6) is 0 Å². The van der Waals surface area contributed by atoms with E-state index in [1.807, 2.05) is 0 Å². The molecule has 0 nitrogen and oxygen atoms in total.